The lowest BCUT2D eigenvalue weighted by molar-refractivity contribution is -0.146. The zero-order chi connectivity index (χ0) is 22.2. The van der Waals surface area contributed by atoms with Gasteiger partial charge in [0.2, 0.25) is 0 Å². The van der Waals surface area contributed by atoms with Crippen molar-refractivity contribution in [2.24, 2.45) is 5.41 Å². The minimum atomic E-state index is -4.29. The fourth-order valence-electron chi connectivity index (χ4n) is 4.93. The normalized spacial score (nSPS) is 22.9. The Labute approximate surface area is 182 Å². The molecule has 1 aromatic rings. The highest BCUT2D eigenvalue weighted by Gasteiger charge is 2.42. The zero-order valence-electron chi connectivity index (χ0n) is 18.0. The summed E-state index contributed by atoms with van der Waals surface area (Å²) in [5.74, 6) is -1.62. The summed E-state index contributed by atoms with van der Waals surface area (Å²) in [7, 11) is 0. The number of likely N-dealkylation sites (tertiary alicyclic amines) is 1. The van der Waals surface area contributed by atoms with Gasteiger partial charge in [-0.1, -0.05) is 18.6 Å². The predicted octanol–water partition coefficient (Wildman–Crippen LogP) is 5.12. The van der Waals surface area contributed by atoms with Crippen molar-refractivity contribution in [2.75, 3.05) is 19.6 Å². The molecule has 0 bridgehead atoms. The van der Waals surface area contributed by atoms with E-state index in [1.807, 2.05) is 4.90 Å². The van der Waals surface area contributed by atoms with Gasteiger partial charge in [-0.3, -0.25) is 4.79 Å². The summed E-state index contributed by atoms with van der Waals surface area (Å²) in [6, 6.07) is 8.85. The number of carbonyl (C=O) groups is 1. The summed E-state index contributed by atoms with van der Waals surface area (Å²) >= 11 is 0. The average Bonchev–Trinajstić information content (AvgIpc) is 3.56. The van der Waals surface area contributed by atoms with Gasteiger partial charge in [0.15, 0.2) is 0 Å². The first-order valence-electron chi connectivity index (χ1n) is 11.4. The van der Waals surface area contributed by atoms with Crippen LogP contribution in [0.4, 0.5) is 13.2 Å². The number of alkyl halides is 3. The van der Waals surface area contributed by atoms with E-state index in [1.165, 1.54) is 24.3 Å². The van der Waals surface area contributed by atoms with Gasteiger partial charge in [-0.05, 0) is 63.1 Å². The van der Waals surface area contributed by atoms with Crippen molar-refractivity contribution in [3.05, 3.63) is 35.4 Å². The molecule has 31 heavy (non-hydrogen) atoms. The van der Waals surface area contributed by atoms with Gasteiger partial charge in [-0.2, -0.15) is 18.4 Å². The molecular formula is C24H30F3N3O. The number of nitriles is 1. The Bertz CT molecular complexity index is 829. The fraction of sp³-hybridized carbons (Fsp3) is 0.667. The van der Waals surface area contributed by atoms with Crippen molar-refractivity contribution in [1.29, 1.82) is 5.26 Å². The van der Waals surface area contributed by atoms with Gasteiger partial charge >= 0.3 is 6.18 Å². The molecule has 1 heterocycles. The summed E-state index contributed by atoms with van der Waals surface area (Å²) < 4.78 is 38.9. The number of benzene rings is 1. The molecule has 4 rings (SSSR count). The van der Waals surface area contributed by atoms with Gasteiger partial charge in [-0.15, -0.1) is 0 Å². The van der Waals surface area contributed by atoms with E-state index < -0.39 is 12.1 Å². The molecule has 3 fully saturated rings. The van der Waals surface area contributed by atoms with E-state index in [9.17, 15) is 23.2 Å². The molecule has 168 valence electrons. The number of hydrogen-bond acceptors (Lipinski definition) is 3. The molecule has 1 unspecified atom stereocenters. The van der Waals surface area contributed by atoms with Gasteiger partial charge in [-0.25, -0.2) is 0 Å². The van der Waals surface area contributed by atoms with E-state index in [-0.39, 0.29) is 29.0 Å². The van der Waals surface area contributed by atoms with Crippen LogP contribution in [-0.2, 0) is 0 Å². The van der Waals surface area contributed by atoms with Crippen LogP contribution in [0.1, 0.15) is 73.7 Å². The van der Waals surface area contributed by atoms with Gasteiger partial charge in [0.25, 0.3) is 5.91 Å². The SMILES string of the molecule is CC(c1ccc(C(=O)N(C2CC2)C2CCN(CC3(C#N)CCC3)CC2)cc1)C(F)(F)F. The van der Waals surface area contributed by atoms with E-state index in [1.54, 1.807) is 0 Å². The minimum absolute atomic E-state index is 0.0698. The quantitative estimate of drug-likeness (QED) is 0.626. The van der Waals surface area contributed by atoms with Crippen molar-refractivity contribution in [3.8, 4) is 6.07 Å². The molecule has 2 saturated carbocycles. The van der Waals surface area contributed by atoms with Crippen LogP contribution in [-0.4, -0.2) is 53.6 Å². The Morgan fingerprint density at radius 2 is 1.74 bits per heavy atom. The fourth-order valence-corrected chi connectivity index (χ4v) is 4.93. The molecule has 1 aliphatic heterocycles. The Balaban J connectivity index is 1.39. The summed E-state index contributed by atoms with van der Waals surface area (Å²) in [5, 5.41) is 9.49. The maximum Gasteiger partial charge on any atom is 0.395 e. The molecule has 0 aromatic heterocycles. The molecule has 0 N–H and O–H groups in total. The Morgan fingerprint density at radius 1 is 1.16 bits per heavy atom. The molecule has 1 saturated heterocycles. The van der Waals surface area contributed by atoms with Crippen molar-refractivity contribution in [3.63, 3.8) is 0 Å². The van der Waals surface area contributed by atoms with Crippen LogP contribution in [0.3, 0.4) is 0 Å². The standard InChI is InChI=1S/C24H30F3N3O/c1-17(24(25,26)27)18-3-5-19(6-4-18)22(31)30(20-7-8-20)21-9-13-29(14-10-21)16-23(15-28)11-2-12-23/h3-6,17,20-21H,2,7-14,16H2,1H3. The molecule has 1 aromatic carbocycles. The van der Waals surface area contributed by atoms with Gasteiger partial charge in [0, 0.05) is 37.3 Å². The van der Waals surface area contributed by atoms with Crippen LogP contribution in [0.15, 0.2) is 24.3 Å². The van der Waals surface area contributed by atoms with Gasteiger partial charge in [0.1, 0.15) is 0 Å². The van der Waals surface area contributed by atoms with Crippen molar-refractivity contribution >= 4 is 5.91 Å². The Kier molecular flexibility index (Phi) is 6.04. The zero-order valence-corrected chi connectivity index (χ0v) is 18.0. The first-order chi connectivity index (χ1) is 14.7. The van der Waals surface area contributed by atoms with Crippen LogP contribution < -0.4 is 0 Å². The number of amides is 1. The smallest absolute Gasteiger partial charge is 0.333 e. The minimum Gasteiger partial charge on any atom is -0.333 e. The Hall–Kier alpha value is -2.07. The first-order valence-corrected chi connectivity index (χ1v) is 11.4. The van der Waals surface area contributed by atoms with E-state index in [0.29, 0.717) is 5.56 Å². The van der Waals surface area contributed by atoms with Crippen LogP contribution in [0, 0.1) is 16.7 Å². The first kappa shape index (κ1) is 22.1. The third-order valence-corrected chi connectivity index (χ3v) is 7.35. The highest BCUT2D eigenvalue weighted by Crippen LogP contribution is 2.42. The molecular weight excluding hydrogens is 403 g/mol. The van der Waals surface area contributed by atoms with Crippen LogP contribution >= 0.6 is 0 Å². The summed E-state index contributed by atoms with van der Waals surface area (Å²) in [5.41, 5.74) is 0.469. The Morgan fingerprint density at radius 3 is 2.19 bits per heavy atom. The third kappa shape index (κ3) is 4.74. The van der Waals surface area contributed by atoms with Crippen LogP contribution in [0.2, 0.25) is 0 Å². The lowest BCUT2D eigenvalue weighted by Crippen LogP contribution is -2.51. The van der Waals surface area contributed by atoms with Crippen molar-refractivity contribution in [2.45, 2.75) is 76.0 Å². The van der Waals surface area contributed by atoms with Gasteiger partial charge in [0.05, 0.1) is 17.4 Å². The van der Waals surface area contributed by atoms with E-state index in [4.69, 9.17) is 0 Å². The van der Waals surface area contributed by atoms with E-state index in [2.05, 4.69) is 11.0 Å². The maximum atomic E-state index is 13.3. The molecule has 4 nitrogen and oxygen atoms in total. The number of nitrogens with zero attached hydrogens (tertiary/aromatic N) is 3. The molecule has 0 spiro atoms. The molecule has 2 aliphatic carbocycles. The average molecular weight is 434 g/mol. The second kappa shape index (κ2) is 8.46. The molecule has 1 amide bonds. The second-order valence-electron chi connectivity index (χ2n) is 9.58. The van der Waals surface area contributed by atoms with Gasteiger partial charge < -0.3 is 9.80 Å². The molecule has 1 atom stereocenters. The lowest BCUT2D eigenvalue weighted by atomic mass is 9.69. The van der Waals surface area contributed by atoms with Crippen molar-refractivity contribution < 1.29 is 18.0 Å². The molecule has 0 radical (unpaired) electrons. The highest BCUT2D eigenvalue weighted by atomic mass is 19.4. The number of carbonyl (C=O) groups excluding carboxylic acids is 1. The number of halogens is 3. The largest absolute Gasteiger partial charge is 0.395 e. The summed E-state index contributed by atoms with van der Waals surface area (Å²) in [4.78, 5) is 17.6. The number of hydrogen-bond donors (Lipinski definition) is 0. The van der Waals surface area contributed by atoms with Crippen LogP contribution in [0.25, 0.3) is 0 Å². The third-order valence-electron chi connectivity index (χ3n) is 7.35. The summed E-state index contributed by atoms with van der Waals surface area (Å²) in [6.45, 7) is 3.73. The predicted molar refractivity (Wildman–Crippen MR) is 111 cm³/mol. The molecule has 7 heteroatoms. The number of piperidine rings is 1. The van der Waals surface area contributed by atoms with Crippen molar-refractivity contribution in [1.82, 2.24) is 9.80 Å². The number of rotatable bonds is 6. The summed E-state index contributed by atoms with van der Waals surface area (Å²) in [6.07, 6.45) is 2.56. The topological polar surface area (TPSA) is 47.3 Å². The highest BCUT2D eigenvalue weighted by molar-refractivity contribution is 5.95. The maximum absolute atomic E-state index is 13.3. The van der Waals surface area contributed by atoms with E-state index >= 15 is 0 Å². The lowest BCUT2D eigenvalue weighted by Gasteiger charge is -2.44. The second-order valence-corrected chi connectivity index (χ2v) is 9.58. The monoisotopic (exact) mass is 433 g/mol. The van der Waals surface area contributed by atoms with Crippen LogP contribution in [0.5, 0.6) is 0 Å². The molecule has 3 aliphatic rings. The van der Waals surface area contributed by atoms with E-state index in [0.717, 1.165) is 71.5 Å².